The molecule has 0 spiro atoms. The van der Waals surface area contributed by atoms with Crippen LogP contribution in [0.1, 0.15) is 18.9 Å². The van der Waals surface area contributed by atoms with Gasteiger partial charge in [-0.15, -0.1) is 0 Å². The quantitative estimate of drug-likeness (QED) is 0.888. The van der Waals surface area contributed by atoms with Gasteiger partial charge in [0.15, 0.2) is 0 Å². The maximum absolute atomic E-state index is 12.8. The second-order valence-corrected chi connectivity index (χ2v) is 8.45. The molecule has 1 aromatic carbocycles. The lowest BCUT2D eigenvalue weighted by molar-refractivity contribution is 0.435. The molecule has 0 saturated carbocycles. The summed E-state index contributed by atoms with van der Waals surface area (Å²) in [6.45, 7) is 4.63. The molecular formula is C14H21ClN2O2S2. The molecule has 4 nitrogen and oxygen atoms in total. The first-order valence-electron chi connectivity index (χ1n) is 7.12. The molecule has 118 valence electrons. The van der Waals surface area contributed by atoms with Crippen molar-refractivity contribution in [2.75, 3.05) is 31.1 Å². The fourth-order valence-corrected chi connectivity index (χ4v) is 5.23. The molecule has 0 atom stereocenters. The molecule has 1 N–H and O–H groups in total. The van der Waals surface area contributed by atoms with Crippen LogP contribution in [0.3, 0.4) is 0 Å². The van der Waals surface area contributed by atoms with Crippen molar-refractivity contribution in [2.45, 2.75) is 24.8 Å². The predicted molar refractivity (Wildman–Crippen MR) is 89.5 cm³/mol. The number of benzene rings is 1. The van der Waals surface area contributed by atoms with Crippen molar-refractivity contribution in [3.05, 3.63) is 28.8 Å². The molecule has 1 aliphatic rings. The van der Waals surface area contributed by atoms with Gasteiger partial charge in [-0.1, -0.05) is 24.6 Å². The van der Waals surface area contributed by atoms with Crippen LogP contribution in [-0.2, 0) is 16.6 Å². The standard InChI is InChI=1S/C14H21ClN2O2S2/c1-2-16-11-12-4-5-13(15)14(10-12)21(18,19)17-6-3-8-20-9-7-17/h4-5,10,16H,2-3,6-9,11H2,1H3. The Morgan fingerprint density at radius 1 is 1.33 bits per heavy atom. The third-order valence-corrected chi connectivity index (χ3v) is 6.80. The highest BCUT2D eigenvalue weighted by atomic mass is 35.5. The third-order valence-electron chi connectivity index (χ3n) is 3.37. The third kappa shape index (κ3) is 4.36. The molecule has 1 fully saturated rings. The van der Waals surface area contributed by atoms with Crippen molar-refractivity contribution in [3.8, 4) is 0 Å². The zero-order valence-electron chi connectivity index (χ0n) is 12.1. The number of halogens is 1. The minimum absolute atomic E-state index is 0.228. The van der Waals surface area contributed by atoms with Crippen LogP contribution < -0.4 is 5.32 Å². The average molecular weight is 349 g/mol. The van der Waals surface area contributed by atoms with E-state index in [1.165, 1.54) is 0 Å². The van der Waals surface area contributed by atoms with E-state index in [1.54, 1.807) is 28.2 Å². The SMILES string of the molecule is CCNCc1ccc(Cl)c(S(=O)(=O)N2CCCSCC2)c1. The second kappa shape index (κ2) is 7.83. The number of nitrogens with one attached hydrogen (secondary N) is 1. The van der Waals surface area contributed by atoms with Gasteiger partial charge in [-0.25, -0.2) is 8.42 Å². The molecule has 1 aliphatic heterocycles. The van der Waals surface area contributed by atoms with Gasteiger partial charge in [0, 0.05) is 25.4 Å². The Kier molecular flexibility index (Phi) is 6.37. The Morgan fingerprint density at radius 2 is 2.14 bits per heavy atom. The number of nitrogens with zero attached hydrogens (tertiary/aromatic N) is 1. The first kappa shape index (κ1) is 17.1. The maximum Gasteiger partial charge on any atom is 0.244 e. The zero-order valence-corrected chi connectivity index (χ0v) is 14.5. The summed E-state index contributed by atoms with van der Waals surface area (Å²) in [4.78, 5) is 0.228. The summed E-state index contributed by atoms with van der Waals surface area (Å²) in [6.07, 6.45) is 0.887. The highest BCUT2D eigenvalue weighted by molar-refractivity contribution is 7.99. The highest BCUT2D eigenvalue weighted by Crippen LogP contribution is 2.27. The van der Waals surface area contributed by atoms with Crippen molar-refractivity contribution in [1.29, 1.82) is 0 Å². The normalized spacial score (nSPS) is 17.6. The first-order valence-corrected chi connectivity index (χ1v) is 10.1. The minimum atomic E-state index is -3.50. The Balaban J connectivity index is 2.29. The van der Waals surface area contributed by atoms with E-state index in [4.69, 9.17) is 11.6 Å². The summed E-state index contributed by atoms with van der Waals surface area (Å²) in [5.41, 5.74) is 0.934. The fraction of sp³-hybridized carbons (Fsp3) is 0.571. The van der Waals surface area contributed by atoms with Crippen LogP contribution in [-0.4, -0.2) is 43.9 Å². The van der Waals surface area contributed by atoms with Crippen LogP contribution in [0.25, 0.3) is 0 Å². The van der Waals surface area contributed by atoms with Gasteiger partial charge in [-0.05, 0) is 36.4 Å². The number of hydrogen-bond donors (Lipinski definition) is 1. The van der Waals surface area contributed by atoms with Gasteiger partial charge in [-0.2, -0.15) is 16.1 Å². The van der Waals surface area contributed by atoms with E-state index in [0.717, 1.165) is 30.0 Å². The van der Waals surface area contributed by atoms with E-state index in [9.17, 15) is 8.42 Å². The van der Waals surface area contributed by atoms with E-state index >= 15 is 0 Å². The maximum atomic E-state index is 12.8. The van der Waals surface area contributed by atoms with Gasteiger partial charge < -0.3 is 5.32 Å². The Bertz CT molecular complexity index is 570. The molecule has 0 radical (unpaired) electrons. The molecule has 0 aromatic heterocycles. The number of thioether (sulfide) groups is 1. The van der Waals surface area contributed by atoms with Crippen molar-refractivity contribution in [1.82, 2.24) is 9.62 Å². The summed E-state index contributed by atoms with van der Waals surface area (Å²) in [6, 6.07) is 5.23. The smallest absolute Gasteiger partial charge is 0.244 e. The summed E-state index contributed by atoms with van der Waals surface area (Å²) >= 11 is 7.94. The molecule has 1 saturated heterocycles. The van der Waals surface area contributed by atoms with E-state index in [-0.39, 0.29) is 4.90 Å². The van der Waals surface area contributed by atoms with E-state index in [0.29, 0.717) is 24.7 Å². The minimum Gasteiger partial charge on any atom is -0.313 e. The summed E-state index contributed by atoms with van der Waals surface area (Å²) in [7, 11) is -3.50. The molecular weight excluding hydrogens is 328 g/mol. The van der Waals surface area contributed by atoms with Gasteiger partial charge in [0.05, 0.1) is 5.02 Å². The summed E-state index contributed by atoms with van der Waals surface area (Å²) in [5.74, 6) is 1.86. The lowest BCUT2D eigenvalue weighted by atomic mass is 10.2. The molecule has 0 unspecified atom stereocenters. The Morgan fingerprint density at radius 3 is 2.90 bits per heavy atom. The fourth-order valence-electron chi connectivity index (χ4n) is 2.23. The van der Waals surface area contributed by atoms with Gasteiger partial charge in [0.2, 0.25) is 10.0 Å². The molecule has 7 heteroatoms. The molecule has 2 rings (SSSR count). The predicted octanol–water partition coefficient (Wildman–Crippen LogP) is 2.58. The molecule has 1 aromatic rings. The zero-order chi connectivity index (χ0) is 15.3. The van der Waals surface area contributed by atoms with Crippen LogP contribution in [0.15, 0.2) is 23.1 Å². The summed E-state index contributed by atoms with van der Waals surface area (Å²) < 4.78 is 27.2. The summed E-state index contributed by atoms with van der Waals surface area (Å²) in [5, 5.41) is 3.50. The van der Waals surface area contributed by atoms with E-state index in [2.05, 4.69) is 5.32 Å². The molecule has 21 heavy (non-hydrogen) atoms. The molecule has 0 amide bonds. The highest BCUT2D eigenvalue weighted by Gasteiger charge is 2.27. The lowest BCUT2D eigenvalue weighted by Gasteiger charge is -2.20. The van der Waals surface area contributed by atoms with Crippen LogP contribution in [0.2, 0.25) is 5.02 Å². The first-order chi connectivity index (χ1) is 10.1. The average Bonchev–Trinajstić information content (AvgIpc) is 2.75. The van der Waals surface area contributed by atoms with E-state index < -0.39 is 10.0 Å². The lowest BCUT2D eigenvalue weighted by Crippen LogP contribution is -2.33. The second-order valence-electron chi connectivity index (χ2n) is 4.92. The van der Waals surface area contributed by atoms with Crippen LogP contribution in [0, 0.1) is 0 Å². The van der Waals surface area contributed by atoms with Gasteiger partial charge in [0.1, 0.15) is 4.90 Å². The molecule has 0 bridgehead atoms. The number of rotatable bonds is 5. The largest absolute Gasteiger partial charge is 0.313 e. The topological polar surface area (TPSA) is 49.4 Å². The number of sulfonamides is 1. The number of hydrogen-bond acceptors (Lipinski definition) is 4. The van der Waals surface area contributed by atoms with Gasteiger partial charge >= 0.3 is 0 Å². The molecule has 1 heterocycles. The van der Waals surface area contributed by atoms with Crippen LogP contribution in [0.4, 0.5) is 0 Å². The van der Waals surface area contributed by atoms with Crippen LogP contribution in [0.5, 0.6) is 0 Å². The molecule has 0 aliphatic carbocycles. The van der Waals surface area contributed by atoms with Crippen LogP contribution >= 0.6 is 23.4 Å². The van der Waals surface area contributed by atoms with Crippen molar-refractivity contribution in [2.24, 2.45) is 0 Å². The van der Waals surface area contributed by atoms with Crippen molar-refractivity contribution < 1.29 is 8.42 Å². The van der Waals surface area contributed by atoms with Gasteiger partial charge in [-0.3, -0.25) is 0 Å². The Hall–Kier alpha value is -0.270. The van der Waals surface area contributed by atoms with Gasteiger partial charge in [0.25, 0.3) is 0 Å². The monoisotopic (exact) mass is 348 g/mol. The van der Waals surface area contributed by atoms with Crippen molar-refractivity contribution in [3.63, 3.8) is 0 Å². The Labute approximate surface area is 136 Å². The van der Waals surface area contributed by atoms with Crippen molar-refractivity contribution >= 4 is 33.4 Å². The van der Waals surface area contributed by atoms with E-state index in [1.807, 2.05) is 13.0 Å².